The second-order valence-corrected chi connectivity index (χ2v) is 5.73. The first kappa shape index (κ1) is 18.2. The van der Waals surface area contributed by atoms with Gasteiger partial charge in [-0.15, -0.1) is 0 Å². The Morgan fingerprint density at radius 1 is 1.29 bits per heavy atom. The maximum Gasteiger partial charge on any atom is 0.292 e. The van der Waals surface area contributed by atoms with E-state index >= 15 is 0 Å². The zero-order valence-electron chi connectivity index (χ0n) is 13.1. The summed E-state index contributed by atoms with van der Waals surface area (Å²) in [5.41, 5.74) is 1.29. The number of amidine groups is 1. The molecule has 5 nitrogen and oxygen atoms in total. The van der Waals surface area contributed by atoms with Crippen molar-refractivity contribution in [3.63, 3.8) is 0 Å². The number of aliphatic imine (C=N–C) groups is 1. The average molecular weight is 366 g/mol. The SMILES string of the molecule is CCCOC(=NCc1cccnc1)NC(=O)c1ccc(Cl)c(Cl)c1. The Kier molecular flexibility index (Phi) is 7.03. The number of nitrogens with one attached hydrogen (secondary N) is 1. The summed E-state index contributed by atoms with van der Waals surface area (Å²) >= 11 is 11.8. The number of hydrogen-bond acceptors (Lipinski definition) is 4. The third kappa shape index (κ3) is 5.51. The fraction of sp³-hybridized carbons (Fsp3) is 0.235. The molecule has 24 heavy (non-hydrogen) atoms. The van der Waals surface area contributed by atoms with Gasteiger partial charge in [-0.05, 0) is 36.2 Å². The van der Waals surface area contributed by atoms with Gasteiger partial charge in [0.1, 0.15) is 0 Å². The molecule has 0 saturated heterocycles. The van der Waals surface area contributed by atoms with E-state index in [4.69, 9.17) is 27.9 Å². The number of halogens is 2. The van der Waals surface area contributed by atoms with Crippen LogP contribution in [0.2, 0.25) is 10.0 Å². The lowest BCUT2D eigenvalue weighted by atomic mass is 10.2. The van der Waals surface area contributed by atoms with Crippen molar-refractivity contribution in [1.82, 2.24) is 10.3 Å². The number of benzene rings is 1. The summed E-state index contributed by atoms with van der Waals surface area (Å²) in [6, 6.07) is 8.54. The van der Waals surface area contributed by atoms with Gasteiger partial charge in [-0.25, -0.2) is 4.99 Å². The molecule has 0 aliphatic heterocycles. The third-order valence-electron chi connectivity index (χ3n) is 2.97. The lowest BCUT2D eigenvalue weighted by molar-refractivity contribution is 0.0965. The van der Waals surface area contributed by atoms with E-state index < -0.39 is 0 Å². The molecule has 0 atom stereocenters. The molecule has 2 aromatic rings. The van der Waals surface area contributed by atoms with Crippen LogP contribution in [-0.2, 0) is 11.3 Å². The van der Waals surface area contributed by atoms with Crippen LogP contribution < -0.4 is 5.32 Å². The van der Waals surface area contributed by atoms with Gasteiger partial charge in [0.25, 0.3) is 11.9 Å². The van der Waals surface area contributed by atoms with Gasteiger partial charge in [-0.2, -0.15) is 0 Å². The molecule has 1 aromatic heterocycles. The smallest absolute Gasteiger partial charge is 0.292 e. The monoisotopic (exact) mass is 365 g/mol. The lowest BCUT2D eigenvalue weighted by Crippen LogP contribution is -2.33. The van der Waals surface area contributed by atoms with E-state index in [0.29, 0.717) is 28.8 Å². The minimum absolute atomic E-state index is 0.164. The van der Waals surface area contributed by atoms with Crippen molar-refractivity contribution in [3.05, 3.63) is 63.9 Å². The molecule has 1 N–H and O–H groups in total. The van der Waals surface area contributed by atoms with E-state index in [2.05, 4.69) is 15.3 Å². The normalized spacial score (nSPS) is 11.2. The molecule has 126 valence electrons. The highest BCUT2D eigenvalue weighted by Gasteiger charge is 2.11. The van der Waals surface area contributed by atoms with Crippen LogP contribution in [0.15, 0.2) is 47.7 Å². The minimum atomic E-state index is -0.366. The standard InChI is InChI=1S/C17H17Cl2N3O2/c1-2-8-24-17(21-11-12-4-3-7-20-10-12)22-16(23)13-5-6-14(18)15(19)9-13/h3-7,9-10H,2,8,11H2,1H3,(H,21,22,23). The summed E-state index contributed by atoms with van der Waals surface area (Å²) in [5, 5.41) is 3.35. The zero-order chi connectivity index (χ0) is 17.4. The second kappa shape index (κ2) is 9.25. The van der Waals surface area contributed by atoms with E-state index in [0.717, 1.165) is 12.0 Å². The molecule has 2 rings (SSSR count). The van der Waals surface area contributed by atoms with Gasteiger partial charge in [0.15, 0.2) is 0 Å². The maximum absolute atomic E-state index is 12.3. The summed E-state index contributed by atoms with van der Waals surface area (Å²) in [4.78, 5) is 20.6. The van der Waals surface area contributed by atoms with Gasteiger partial charge in [-0.3, -0.25) is 15.1 Å². The molecule has 0 bridgehead atoms. The van der Waals surface area contributed by atoms with Crippen LogP contribution >= 0.6 is 23.2 Å². The number of hydrogen-bond donors (Lipinski definition) is 1. The van der Waals surface area contributed by atoms with E-state index in [1.54, 1.807) is 24.5 Å². The number of rotatable bonds is 5. The average Bonchev–Trinajstić information content (AvgIpc) is 2.60. The number of nitrogens with zero attached hydrogens (tertiary/aromatic N) is 2. The molecule has 1 aromatic carbocycles. The second-order valence-electron chi connectivity index (χ2n) is 4.91. The molecule has 0 aliphatic rings. The molecule has 0 radical (unpaired) electrons. The van der Waals surface area contributed by atoms with Crippen LogP contribution in [0.1, 0.15) is 29.3 Å². The predicted molar refractivity (Wildman–Crippen MR) is 95.5 cm³/mol. The van der Waals surface area contributed by atoms with Crippen LogP contribution in [-0.4, -0.2) is 23.5 Å². The Balaban J connectivity index is 2.09. The van der Waals surface area contributed by atoms with Crippen molar-refractivity contribution in [2.75, 3.05) is 6.61 Å². The fourth-order valence-corrected chi connectivity index (χ4v) is 2.08. The molecule has 1 heterocycles. The summed E-state index contributed by atoms with van der Waals surface area (Å²) in [6.07, 6.45) is 4.20. The molecule has 0 aliphatic carbocycles. The first-order valence-electron chi connectivity index (χ1n) is 7.42. The highest BCUT2D eigenvalue weighted by molar-refractivity contribution is 6.42. The predicted octanol–water partition coefficient (Wildman–Crippen LogP) is 4.10. The van der Waals surface area contributed by atoms with Crippen LogP contribution in [0, 0.1) is 0 Å². The summed E-state index contributed by atoms with van der Waals surface area (Å²) < 4.78 is 5.50. The van der Waals surface area contributed by atoms with Gasteiger partial charge in [0.05, 0.1) is 23.2 Å². The van der Waals surface area contributed by atoms with E-state index in [1.165, 1.54) is 6.07 Å². The molecular weight excluding hydrogens is 349 g/mol. The number of carbonyl (C=O) groups excluding carboxylic acids is 1. The van der Waals surface area contributed by atoms with Crippen LogP contribution in [0.4, 0.5) is 0 Å². The van der Waals surface area contributed by atoms with Gasteiger partial charge in [0.2, 0.25) is 0 Å². The molecular formula is C17H17Cl2N3O2. The highest BCUT2D eigenvalue weighted by Crippen LogP contribution is 2.22. The molecule has 7 heteroatoms. The van der Waals surface area contributed by atoms with E-state index in [-0.39, 0.29) is 11.9 Å². The first-order valence-corrected chi connectivity index (χ1v) is 8.18. The number of ether oxygens (including phenoxy) is 1. The van der Waals surface area contributed by atoms with Crippen molar-refractivity contribution in [2.45, 2.75) is 19.9 Å². The lowest BCUT2D eigenvalue weighted by Gasteiger charge is -2.10. The minimum Gasteiger partial charge on any atom is -0.465 e. The molecule has 0 spiro atoms. The van der Waals surface area contributed by atoms with Crippen molar-refractivity contribution in [2.24, 2.45) is 4.99 Å². The number of pyridine rings is 1. The third-order valence-corrected chi connectivity index (χ3v) is 3.71. The Labute approximate surface area is 150 Å². The first-order chi connectivity index (χ1) is 11.6. The van der Waals surface area contributed by atoms with Crippen molar-refractivity contribution < 1.29 is 9.53 Å². The quantitative estimate of drug-likeness (QED) is 0.640. The number of aromatic nitrogens is 1. The van der Waals surface area contributed by atoms with E-state index in [1.807, 2.05) is 19.1 Å². The molecule has 1 amide bonds. The Morgan fingerprint density at radius 3 is 2.79 bits per heavy atom. The molecule has 0 unspecified atom stereocenters. The van der Waals surface area contributed by atoms with Crippen LogP contribution in [0.25, 0.3) is 0 Å². The topological polar surface area (TPSA) is 63.6 Å². The van der Waals surface area contributed by atoms with Gasteiger partial charge in [0, 0.05) is 18.0 Å². The Bertz CT molecular complexity index is 721. The maximum atomic E-state index is 12.3. The van der Waals surface area contributed by atoms with Crippen molar-refractivity contribution >= 4 is 35.1 Å². The van der Waals surface area contributed by atoms with Crippen molar-refractivity contribution in [1.29, 1.82) is 0 Å². The van der Waals surface area contributed by atoms with Gasteiger partial charge < -0.3 is 4.74 Å². The van der Waals surface area contributed by atoms with Gasteiger partial charge >= 0.3 is 0 Å². The van der Waals surface area contributed by atoms with Crippen LogP contribution in [0.5, 0.6) is 0 Å². The van der Waals surface area contributed by atoms with Crippen molar-refractivity contribution in [3.8, 4) is 0 Å². The number of amides is 1. The Morgan fingerprint density at radius 2 is 2.12 bits per heavy atom. The number of carbonyl (C=O) groups is 1. The highest BCUT2D eigenvalue weighted by atomic mass is 35.5. The molecule has 0 fully saturated rings. The van der Waals surface area contributed by atoms with Crippen LogP contribution in [0.3, 0.4) is 0 Å². The molecule has 0 saturated carbocycles. The fourth-order valence-electron chi connectivity index (χ4n) is 1.78. The summed E-state index contributed by atoms with van der Waals surface area (Å²) in [7, 11) is 0. The summed E-state index contributed by atoms with van der Waals surface area (Å²) in [5.74, 6) is -0.366. The largest absolute Gasteiger partial charge is 0.465 e. The van der Waals surface area contributed by atoms with E-state index in [9.17, 15) is 4.79 Å². The Hall–Kier alpha value is -2.11. The van der Waals surface area contributed by atoms with Gasteiger partial charge in [-0.1, -0.05) is 36.2 Å². The summed E-state index contributed by atoms with van der Waals surface area (Å²) in [6.45, 7) is 2.78. The zero-order valence-corrected chi connectivity index (χ0v) is 14.6.